The number of carbonyl (C=O) groups is 12. The largest absolute Gasteiger partial charge is 0.508 e. The van der Waals surface area contributed by atoms with Gasteiger partial charge >= 0.3 is 11.9 Å². The van der Waals surface area contributed by atoms with Gasteiger partial charge in [0, 0.05) is 44.0 Å². The summed E-state index contributed by atoms with van der Waals surface area (Å²) in [6.45, 7) is 1.18. The number of hydrogen-bond donors (Lipinski definition) is 17. The molecule has 5 aromatic rings. The molecule has 0 radical (unpaired) electrons. The number of phenolic OH excluding ortho intramolecular Hbond substituents is 2. The molecule has 0 spiro atoms. The number of carboxylic acids is 2. The standard InChI is InChI=1S/C59H71N13O17/c1-31(73)50(72-51(80)39(60)22-32-8-4-2-5-9-32)58(87)70-43(26-36-29-63-30-64-36)55(84)69-44(27-47(61)76)56(85)65-40(20-21-49(78)79)52(81)66-42(24-34-12-16-37(74)17-13-34)53(82)68-45(28-48(62)77)57(86)67-41(23-33-10-6-3-7-11-33)54(83)71-46(59(88)89)25-35-14-18-38(75)19-15-35/h2-19,29-31,39-46,50,73-75H,20-28,60H2,1H3,(H2,61,76)(H2,62,77)(H,63,64)(H,65,85)(H,66,81)(H,67,86)(H,68,82)(H,69,84)(H,70,87)(H,71,83)(H,72,80)(H,78,79)(H,88,89)/t31-,39+,40+,41+,42+,43+,44+,45+,46+,50+/m1/s1. The van der Waals surface area contributed by atoms with Crippen molar-refractivity contribution >= 4 is 71.0 Å². The van der Waals surface area contributed by atoms with Crippen LogP contribution in [0.15, 0.2) is 122 Å². The van der Waals surface area contributed by atoms with E-state index in [-0.39, 0.29) is 48.4 Å². The van der Waals surface area contributed by atoms with Crippen molar-refractivity contribution in [3.63, 3.8) is 0 Å². The van der Waals surface area contributed by atoms with E-state index >= 15 is 0 Å². The van der Waals surface area contributed by atoms with E-state index in [1.54, 1.807) is 60.7 Å². The quantitative estimate of drug-likeness (QED) is 0.0188. The van der Waals surface area contributed by atoms with E-state index in [1.165, 1.54) is 68.0 Å². The van der Waals surface area contributed by atoms with Crippen molar-refractivity contribution in [2.75, 3.05) is 0 Å². The maximum Gasteiger partial charge on any atom is 0.326 e. The van der Waals surface area contributed by atoms with Crippen LogP contribution in [0.1, 0.15) is 60.6 Å². The van der Waals surface area contributed by atoms with Gasteiger partial charge in [0.15, 0.2) is 0 Å². The van der Waals surface area contributed by atoms with Gasteiger partial charge in [-0.3, -0.25) is 52.7 Å². The monoisotopic (exact) mass is 1230 g/mol. The number of aromatic nitrogens is 2. The van der Waals surface area contributed by atoms with Crippen molar-refractivity contribution in [2.45, 2.75) is 125 Å². The molecule has 20 N–H and O–H groups in total. The highest BCUT2D eigenvalue weighted by molar-refractivity contribution is 6.00. The number of H-pyrrole nitrogens is 1. The Morgan fingerprint density at radius 3 is 1.25 bits per heavy atom. The highest BCUT2D eigenvalue weighted by Gasteiger charge is 2.37. The number of hydrogen-bond acceptors (Lipinski definition) is 17. The van der Waals surface area contributed by atoms with Gasteiger partial charge in [-0.2, -0.15) is 0 Å². The number of benzene rings is 4. The van der Waals surface area contributed by atoms with Crippen LogP contribution in [0.4, 0.5) is 0 Å². The SMILES string of the molecule is C[C@@H](O)[C@H](NC(=O)[C@@H](N)Cc1ccccc1)C(=O)N[C@@H](Cc1cnc[nH]1)C(=O)N[C@@H](CC(N)=O)C(=O)N[C@@H](CCC(=O)O)C(=O)N[C@@H](Cc1ccc(O)cc1)C(=O)N[C@@H](CC(N)=O)C(=O)N[C@@H](Cc1ccccc1)C(=O)N[C@@H](Cc1ccc(O)cc1)C(=O)O. The summed E-state index contributed by atoms with van der Waals surface area (Å²) in [5, 5.41) is 69.2. The summed E-state index contributed by atoms with van der Waals surface area (Å²) in [6.07, 6.45) is -3.78. The Hall–Kier alpha value is -10.8. The van der Waals surface area contributed by atoms with Crippen molar-refractivity contribution in [1.29, 1.82) is 0 Å². The summed E-state index contributed by atoms with van der Waals surface area (Å²) < 4.78 is 0. The second kappa shape index (κ2) is 33.8. The van der Waals surface area contributed by atoms with Crippen LogP contribution in [-0.2, 0) is 89.6 Å². The molecule has 0 aliphatic heterocycles. The number of rotatable bonds is 35. The first-order chi connectivity index (χ1) is 42.2. The number of nitrogens with two attached hydrogens (primary N) is 3. The van der Waals surface area contributed by atoms with Crippen molar-refractivity contribution in [3.05, 3.63) is 150 Å². The summed E-state index contributed by atoms with van der Waals surface area (Å²) in [4.78, 5) is 169. The number of imidazole rings is 1. The molecule has 0 aliphatic carbocycles. The molecule has 0 aliphatic rings. The van der Waals surface area contributed by atoms with E-state index in [4.69, 9.17) is 17.2 Å². The number of nitrogens with zero attached hydrogens (tertiary/aromatic N) is 1. The number of carboxylic acid groups (broad SMARTS) is 2. The molecule has 0 unspecified atom stereocenters. The number of amides is 10. The fourth-order valence-electron chi connectivity index (χ4n) is 8.91. The molecular weight excluding hydrogens is 1160 g/mol. The van der Waals surface area contributed by atoms with Crippen LogP contribution in [0.5, 0.6) is 11.5 Å². The van der Waals surface area contributed by atoms with Crippen molar-refractivity contribution in [2.24, 2.45) is 17.2 Å². The van der Waals surface area contributed by atoms with Crippen LogP contribution in [0.25, 0.3) is 0 Å². The number of aromatic amines is 1. The van der Waals surface area contributed by atoms with Crippen molar-refractivity contribution < 1.29 is 83.1 Å². The minimum Gasteiger partial charge on any atom is -0.508 e. The van der Waals surface area contributed by atoms with E-state index in [1.807, 2.05) is 0 Å². The number of phenols is 2. The Labute approximate surface area is 508 Å². The molecule has 5 rings (SSSR count). The number of aliphatic carboxylic acids is 2. The lowest BCUT2D eigenvalue weighted by Crippen LogP contribution is -2.62. The van der Waals surface area contributed by atoms with Crippen LogP contribution < -0.4 is 59.7 Å². The summed E-state index contributed by atoms with van der Waals surface area (Å²) in [7, 11) is 0. The van der Waals surface area contributed by atoms with E-state index in [0.717, 1.165) is 0 Å². The summed E-state index contributed by atoms with van der Waals surface area (Å²) in [5.41, 5.74) is 19.3. The van der Waals surface area contributed by atoms with E-state index in [2.05, 4.69) is 52.5 Å². The minimum absolute atomic E-state index is 0.0518. The molecule has 0 saturated heterocycles. The van der Waals surface area contributed by atoms with Gasteiger partial charge in [-0.15, -0.1) is 0 Å². The van der Waals surface area contributed by atoms with Gasteiger partial charge in [0.25, 0.3) is 0 Å². The molecule has 30 heteroatoms. The lowest BCUT2D eigenvalue weighted by atomic mass is 10.0. The number of aliphatic hydroxyl groups excluding tert-OH is 1. The van der Waals surface area contributed by atoms with E-state index in [9.17, 15) is 83.1 Å². The average molecular weight is 1230 g/mol. The summed E-state index contributed by atoms with van der Waals surface area (Å²) in [6, 6.07) is 12.1. The van der Waals surface area contributed by atoms with Gasteiger partial charge in [0.05, 0.1) is 31.3 Å². The second-order valence-corrected chi connectivity index (χ2v) is 20.8. The fraction of sp³-hybridized carbons (Fsp3) is 0.339. The fourth-order valence-corrected chi connectivity index (χ4v) is 8.91. The third-order valence-electron chi connectivity index (χ3n) is 13.6. The lowest BCUT2D eigenvalue weighted by Gasteiger charge is -2.28. The Balaban J connectivity index is 1.39. The van der Waals surface area contributed by atoms with Gasteiger partial charge in [0.2, 0.25) is 59.1 Å². The van der Waals surface area contributed by atoms with Gasteiger partial charge in [-0.05, 0) is 66.3 Å². The average Bonchev–Trinajstić information content (AvgIpc) is 3.60. The molecule has 10 amide bonds. The zero-order valence-corrected chi connectivity index (χ0v) is 48.0. The first-order valence-corrected chi connectivity index (χ1v) is 27.7. The van der Waals surface area contributed by atoms with Gasteiger partial charge in [-0.1, -0.05) is 84.9 Å². The molecule has 1 heterocycles. The van der Waals surface area contributed by atoms with E-state index in [0.29, 0.717) is 16.7 Å². The van der Waals surface area contributed by atoms with Crippen LogP contribution in [0, 0.1) is 0 Å². The highest BCUT2D eigenvalue weighted by Crippen LogP contribution is 2.16. The van der Waals surface area contributed by atoms with E-state index < -0.39 is 164 Å². The predicted octanol–water partition coefficient (Wildman–Crippen LogP) is -3.38. The molecule has 0 fully saturated rings. The molecule has 89 heavy (non-hydrogen) atoms. The smallest absolute Gasteiger partial charge is 0.326 e. The molecule has 0 saturated carbocycles. The molecule has 30 nitrogen and oxygen atoms in total. The van der Waals surface area contributed by atoms with Crippen molar-refractivity contribution in [3.8, 4) is 11.5 Å². The van der Waals surface area contributed by atoms with Crippen LogP contribution in [0.2, 0.25) is 0 Å². The Kier molecular flexibility index (Phi) is 26.2. The number of primary amides is 2. The summed E-state index contributed by atoms with van der Waals surface area (Å²) >= 11 is 0. The molecule has 0 bridgehead atoms. The predicted molar refractivity (Wildman–Crippen MR) is 313 cm³/mol. The Bertz CT molecular complexity index is 3260. The number of aliphatic hydroxyl groups is 1. The zero-order chi connectivity index (χ0) is 65.3. The second-order valence-electron chi connectivity index (χ2n) is 20.8. The zero-order valence-electron chi connectivity index (χ0n) is 48.0. The first-order valence-electron chi connectivity index (χ1n) is 27.7. The van der Waals surface area contributed by atoms with Crippen LogP contribution in [0.3, 0.4) is 0 Å². The highest BCUT2D eigenvalue weighted by atomic mass is 16.4. The normalized spacial score (nSPS) is 14.3. The third-order valence-corrected chi connectivity index (χ3v) is 13.6. The molecule has 10 atom stereocenters. The number of carbonyl (C=O) groups excluding carboxylic acids is 10. The maximum absolute atomic E-state index is 14.5. The molecule has 1 aromatic heterocycles. The van der Waals surface area contributed by atoms with Crippen LogP contribution in [-0.4, -0.2) is 167 Å². The van der Waals surface area contributed by atoms with Crippen LogP contribution >= 0.6 is 0 Å². The Morgan fingerprint density at radius 2 is 0.831 bits per heavy atom. The lowest BCUT2D eigenvalue weighted by molar-refractivity contribution is -0.142. The van der Waals surface area contributed by atoms with Gasteiger partial charge in [-0.25, -0.2) is 9.78 Å². The maximum atomic E-state index is 14.5. The molecular formula is C59H71N13O17. The minimum atomic E-state index is -1.98. The molecule has 474 valence electrons. The third kappa shape index (κ3) is 23.2. The topological polar surface area (TPSA) is 509 Å². The van der Waals surface area contributed by atoms with Gasteiger partial charge < -0.3 is 90.3 Å². The summed E-state index contributed by atoms with van der Waals surface area (Å²) in [5.74, 6) is -14.7. The number of nitrogens with one attached hydrogen (secondary N) is 9. The first kappa shape index (κ1) is 69.0. The Morgan fingerprint density at radius 1 is 0.461 bits per heavy atom. The van der Waals surface area contributed by atoms with Crippen molar-refractivity contribution in [1.82, 2.24) is 52.5 Å². The molecule has 4 aromatic carbocycles. The number of aromatic hydroxyl groups is 2. The van der Waals surface area contributed by atoms with Gasteiger partial charge in [0.1, 0.15) is 59.8 Å².